The predicted octanol–water partition coefficient (Wildman–Crippen LogP) is 1.19. The van der Waals surface area contributed by atoms with Crippen LogP contribution >= 0.6 is 11.3 Å². The van der Waals surface area contributed by atoms with E-state index in [1.54, 1.807) is 18.4 Å². The molecule has 0 saturated carbocycles. The van der Waals surface area contributed by atoms with Crippen LogP contribution < -0.4 is 5.32 Å². The van der Waals surface area contributed by atoms with Crippen LogP contribution in [-0.4, -0.2) is 36.5 Å². The Bertz CT molecular complexity index is 254. The molecule has 0 amide bonds. The molecule has 4 nitrogen and oxygen atoms in total. The standard InChI is InChI=1S/C10H18N2O2S/c1-8(10-6-15-7-12-10)11-4-3-9(13)5-14-2/h6-9,11,13H,3-5H2,1-2H3. The summed E-state index contributed by atoms with van der Waals surface area (Å²) in [6, 6.07) is 0.242. The second-order valence-corrected chi connectivity index (χ2v) is 4.21. The third-order valence-corrected chi connectivity index (χ3v) is 2.79. The van der Waals surface area contributed by atoms with Gasteiger partial charge in [-0.25, -0.2) is 4.98 Å². The number of aromatic nitrogens is 1. The van der Waals surface area contributed by atoms with Crippen molar-refractivity contribution in [1.82, 2.24) is 10.3 Å². The maximum atomic E-state index is 9.41. The molecule has 1 rings (SSSR count). The third kappa shape index (κ3) is 4.70. The van der Waals surface area contributed by atoms with Crippen LogP contribution in [0.5, 0.6) is 0 Å². The second-order valence-electron chi connectivity index (χ2n) is 3.49. The number of ether oxygens (including phenoxy) is 1. The van der Waals surface area contributed by atoms with Gasteiger partial charge in [-0.15, -0.1) is 11.3 Å². The molecule has 1 heterocycles. The molecule has 0 saturated heterocycles. The number of rotatable bonds is 7. The molecule has 0 spiro atoms. The van der Waals surface area contributed by atoms with Crippen molar-refractivity contribution in [2.75, 3.05) is 20.3 Å². The third-order valence-electron chi connectivity index (χ3n) is 2.18. The van der Waals surface area contributed by atoms with Crippen LogP contribution in [0.4, 0.5) is 0 Å². The first kappa shape index (κ1) is 12.6. The van der Waals surface area contributed by atoms with E-state index in [2.05, 4.69) is 17.2 Å². The zero-order valence-corrected chi connectivity index (χ0v) is 9.96. The van der Waals surface area contributed by atoms with Gasteiger partial charge < -0.3 is 15.2 Å². The number of aliphatic hydroxyl groups excluding tert-OH is 1. The van der Waals surface area contributed by atoms with Gasteiger partial charge in [-0.1, -0.05) is 0 Å². The van der Waals surface area contributed by atoms with Crippen molar-refractivity contribution in [3.05, 3.63) is 16.6 Å². The fraction of sp³-hybridized carbons (Fsp3) is 0.700. The van der Waals surface area contributed by atoms with Gasteiger partial charge in [-0.2, -0.15) is 0 Å². The van der Waals surface area contributed by atoms with E-state index >= 15 is 0 Å². The largest absolute Gasteiger partial charge is 0.391 e. The van der Waals surface area contributed by atoms with Crippen LogP contribution in [0, 0.1) is 0 Å². The lowest BCUT2D eigenvalue weighted by molar-refractivity contribution is 0.0590. The van der Waals surface area contributed by atoms with Crippen molar-refractivity contribution in [2.24, 2.45) is 0 Å². The number of nitrogens with zero attached hydrogens (tertiary/aromatic N) is 1. The molecule has 0 aliphatic rings. The van der Waals surface area contributed by atoms with E-state index in [4.69, 9.17) is 4.74 Å². The summed E-state index contributed by atoms with van der Waals surface area (Å²) in [4.78, 5) is 4.22. The zero-order valence-electron chi connectivity index (χ0n) is 9.14. The van der Waals surface area contributed by atoms with E-state index < -0.39 is 0 Å². The first-order valence-corrected chi connectivity index (χ1v) is 5.96. The summed E-state index contributed by atoms with van der Waals surface area (Å²) in [5.41, 5.74) is 2.88. The molecule has 5 heteroatoms. The molecule has 1 aromatic rings. The minimum atomic E-state index is -0.384. The van der Waals surface area contributed by atoms with Gasteiger partial charge in [0.25, 0.3) is 0 Å². The summed E-state index contributed by atoms with van der Waals surface area (Å²) < 4.78 is 4.84. The quantitative estimate of drug-likeness (QED) is 0.739. The van der Waals surface area contributed by atoms with E-state index in [1.165, 1.54) is 0 Å². The Hall–Kier alpha value is -0.490. The Kier molecular flexibility index (Phi) is 5.78. The number of nitrogens with one attached hydrogen (secondary N) is 1. The molecule has 0 aromatic carbocycles. The van der Waals surface area contributed by atoms with Crippen molar-refractivity contribution < 1.29 is 9.84 Å². The van der Waals surface area contributed by atoms with Gasteiger partial charge in [0.15, 0.2) is 0 Å². The number of aliphatic hydroxyl groups is 1. The molecule has 2 N–H and O–H groups in total. The van der Waals surface area contributed by atoms with E-state index in [0.29, 0.717) is 13.0 Å². The van der Waals surface area contributed by atoms with Gasteiger partial charge in [-0.3, -0.25) is 0 Å². The Balaban J connectivity index is 2.15. The summed E-state index contributed by atoms with van der Waals surface area (Å²) in [5, 5.41) is 14.7. The van der Waals surface area contributed by atoms with Crippen LogP contribution in [0.2, 0.25) is 0 Å². The van der Waals surface area contributed by atoms with Gasteiger partial charge in [0.2, 0.25) is 0 Å². The normalized spacial score (nSPS) is 15.1. The monoisotopic (exact) mass is 230 g/mol. The lowest BCUT2D eigenvalue weighted by Gasteiger charge is -2.13. The van der Waals surface area contributed by atoms with Gasteiger partial charge in [0.1, 0.15) is 0 Å². The first-order valence-electron chi connectivity index (χ1n) is 5.02. The molecule has 1 aromatic heterocycles. The van der Waals surface area contributed by atoms with Crippen molar-refractivity contribution in [2.45, 2.75) is 25.5 Å². The Morgan fingerprint density at radius 2 is 2.47 bits per heavy atom. The average molecular weight is 230 g/mol. The molecule has 0 aliphatic carbocycles. The van der Waals surface area contributed by atoms with Crippen molar-refractivity contribution >= 4 is 11.3 Å². The Morgan fingerprint density at radius 3 is 3.07 bits per heavy atom. The number of thiazole rings is 1. The molecule has 2 unspecified atom stereocenters. The van der Waals surface area contributed by atoms with Crippen LogP contribution in [0.15, 0.2) is 10.9 Å². The molecule has 0 fully saturated rings. The molecular formula is C10H18N2O2S. The highest BCUT2D eigenvalue weighted by Crippen LogP contribution is 2.11. The van der Waals surface area contributed by atoms with Gasteiger partial charge in [-0.05, 0) is 19.9 Å². The zero-order chi connectivity index (χ0) is 11.1. The van der Waals surface area contributed by atoms with Crippen LogP contribution in [-0.2, 0) is 4.74 Å². The van der Waals surface area contributed by atoms with Gasteiger partial charge in [0.05, 0.1) is 23.9 Å². The number of hydrogen-bond acceptors (Lipinski definition) is 5. The lowest BCUT2D eigenvalue weighted by Crippen LogP contribution is -2.25. The molecule has 86 valence electrons. The van der Waals surface area contributed by atoms with Crippen LogP contribution in [0.25, 0.3) is 0 Å². The number of methoxy groups -OCH3 is 1. The molecule has 2 atom stereocenters. The smallest absolute Gasteiger partial charge is 0.0795 e. The maximum absolute atomic E-state index is 9.41. The van der Waals surface area contributed by atoms with Crippen molar-refractivity contribution in [3.8, 4) is 0 Å². The first-order chi connectivity index (χ1) is 7.24. The van der Waals surface area contributed by atoms with Gasteiger partial charge in [0, 0.05) is 18.5 Å². The lowest BCUT2D eigenvalue weighted by atomic mass is 10.2. The highest BCUT2D eigenvalue weighted by atomic mass is 32.1. The molecule has 15 heavy (non-hydrogen) atoms. The van der Waals surface area contributed by atoms with Gasteiger partial charge >= 0.3 is 0 Å². The van der Waals surface area contributed by atoms with Crippen LogP contribution in [0.1, 0.15) is 25.1 Å². The number of hydrogen-bond donors (Lipinski definition) is 2. The van der Waals surface area contributed by atoms with E-state index in [9.17, 15) is 5.11 Å². The summed E-state index contributed by atoms with van der Waals surface area (Å²) in [6.07, 6.45) is 0.313. The predicted molar refractivity (Wildman–Crippen MR) is 61.0 cm³/mol. The molecule has 0 aliphatic heterocycles. The van der Waals surface area contributed by atoms with Crippen molar-refractivity contribution in [1.29, 1.82) is 0 Å². The maximum Gasteiger partial charge on any atom is 0.0795 e. The minimum absolute atomic E-state index is 0.242. The fourth-order valence-corrected chi connectivity index (χ4v) is 1.93. The van der Waals surface area contributed by atoms with E-state index in [0.717, 1.165) is 12.2 Å². The fourth-order valence-electron chi connectivity index (χ4n) is 1.28. The van der Waals surface area contributed by atoms with E-state index in [-0.39, 0.29) is 12.1 Å². The summed E-state index contributed by atoms with van der Waals surface area (Å²) in [5.74, 6) is 0. The SMILES string of the molecule is COCC(O)CCNC(C)c1cscn1. The Labute approximate surface area is 94.3 Å². The molecular weight excluding hydrogens is 212 g/mol. The summed E-state index contributed by atoms with van der Waals surface area (Å²) >= 11 is 1.60. The summed E-state index contributed by atoms with van der Waals surface area (Å²) in [7, 11) is 1.59. The molecule has 0 radical (unpaired) electrons. The molecule has 0 bridgehead atoms. The van der Waals surface area contributed by atoms with Crippen LogP contribution in [0.3, 0.4) is 0 Å². The van der Waals surface area contributed by atoms with E-state index in [1.807, 2.05) is 10.9 Å². The second kappa shape index (κ2) is 6.90. The minimum Gasteiger partial charge on any atom is -0.391 e. The highest BCUT2D eigenvalue weighted by molar-refractivity contribution is 7.07. The Morgan fingerprint density at radius 1 is 1.67 bits per heavy atom. The average Bonchev–Trinajstić information content (AvgIpc) is 2.70. The topological polar surface area (TPSA) is 54.4 Å². The van der Waals surface area contributed by atoms with Crippen molar-refractivity contribution in [3.63, 3.8) is 0 Å². The summed E-state index contributed by atoms with van der Waals surface area (Å²) in [6.45, 7) is 3.23. The highest BCUT2D eigenvalue weighted by Gasteiger charge is 2.08.